The van der Waals surface area contributed by atoms with Gasteiger partial charge in [0.25, 0.3) is 0 Å². The lowest BCUT2D eigenvalue weighted by Gasteiger charge is -2.41. The number of piperidine rings is 1. The number of aliphatic hydroxyl groups is 1. The monoisotopic (exact) mass is 247 g/mol. The molecule has 0 saturated carbocycles. The van der Waals surface area contributed by atoms with Crippen molar-refractivity contribution >= 4 is 6.09 Å². The summed E-state index contributed by atoms with van der Waals surface area (Å²) < 4.78 is 19.1. The van der Waals surface area contributed by atoms with E-state index in [-0.39, 0.29) is 13.2 Å². The van der Waals surface area contributed by atoms with Crippen molar-refractivity contribution in [2.75, 3.05) is 19.7 Å². The van der Waals surface area contributed by atoms with Crippen LogP contribution in [-0.2, 0) is 4.74 Å². The highest BCUT2D eigenvalue weighted by Crippen LogP contribution is 2.33. The summed E-state index contributed by atoms with van der Waals surface area (Å²) in [6.07, 6.45) is -1.25. The van der Waals surface area contributed by atoms with E-state index in [0.29, 0.717) is 13.0 Å². The molecule has 1 N–H and O–H groups in total. The van der Waals surface area contributed by atoms with Crippen LogP contribution >= 0.6 is 0 Å². The first-order valence-electron chi connectivity index (χ1n) is 5.91. The highest BCUT2D eigenvalue weighted by atomic mass is 19.1. The van der Waals surface area contributed by atoms with Crippen LogP contribution in [0, 0.1) is 5.41 Å². The Morgan fingerprint density at radius 1 is 1.59 bits per heavy atom. The fourth-order valence-electron chi connectivity index (χ4n) is 1.72. The molecule has 0 aliphatic carbocycles. The third-order valence-electron chi connectivity index (χ3n) is 3.10. The Hall–Kier alpha value is -0.840. The van der Waals surface area contributed by atoms with Gasteiger partial charge < -0.3 is 14.7 Å². The number of alkyl halides is 1. The summed E-state index contributed by atoms with van der Waals surface area (Å²) >= 11 is 0. The van der Waals surface area contributed by atoms with Crippen molar-refractivity contribution in [1.29, 1.82) is 0 Å². The molecule has 1 rings (SSSR count). The molecule has 1 aliphatic rings. The number of hydrogen-bond donors (Lipinski definition) is 1. The quantitative estimate of drug-likeness (QED) is 0.770. The molecular formula is C12H22FNO3. The van der Waals surface area contributed by atoms with Gasteiger partial charge >= 0.3 is 6.09 Å². The van der Waals surface area contributed by atoms with Crippen molar-refractivity contribution in [2.24, 2.45) is 5.41 Å². The highest BCUT2D eigenvalue weighted by molar-refractivity contribution is 5.68. The molecule has 1 fully saturated rings. The van der Waals surface area contributed by atoms with Gasteiger partial charge in [-0.1, -0.05) is 6.92 Å². The lowest BCUT2D eigenvalue weighted by Crippen LogP contribution is -2.52. The topological polar surface area (TPSA) is 49.8 Å². The SMILES string of the molecule is CC(C)(C)OC(=O)N1CCC(C)(CO)C(F)C1. The van der Waals surface area contributed by atoms with E-state index in [1.54, 1.807) is 27.7 Å². The van der Waals surface area contributed by atoms with Crippen LogP contribution in [0.25, 0.3) is 0 Å². The van der Waals surface area contributed by atoms with Crippen molar-refractivity contribution < 1.29 is 19.0 Å². The van der Waals surface area contributed by atoms with Gasteiger partial charge in [-0.15, -0.1) is 0 Å². The minimum Gasteiger partial charge on any atom is -0.444 e. The average molecular weight is 247 g/mol. The third-order valence-corrected chi connectivity index (χ3v) is 3.10. The number of nitrogens with zero attached hydrogens (tertiary/aromatic N) is 1. The third kappa shape index (κ3) is 3.56. The van der Waals surface area contributed by atoms with Crippen LogP contribution in [-0.4, -0.2) is 47.6 Å². The van der Waals surface area contributed by atoms with Gasteiger partial charge in [0.05, 0.1) is 13.2 Å². The van der Waals surface area contributed by atoms with Gasteiger partial charge in [-0.05, 0) is 27.2 Å². The zero-order valence-corrected chi connectivity index (χ0v) is 11.0. The number of aliphatic hydroxyl groups excluding tert-OH is 1. The molecule has 0 aromatic carbocycles. The molecule has 2 atom stereocenters. The van der Waals surface area contributed by atoms with Gasteiger partial charge in [0.1, 0.15) is 11.8 Å². The predicted molar refractivity (Wildman–Crippen MR) is 62.5 cm³/mol. The second kappa shape index (κ2) is 4.80. The van der Waals surface area contributed by atoms with Crippen molar-refractivity contribution in [3.05, 3.63) is 0 Å². The maximum absolute atomic E-state index is 13.9. The Morgan fingerprint density at radius 2 is 2.18 bits per heavy atom. The van der Waals surface area contributed by atoms with E-state index in [1.165, 1.54) is 4.90 Å². The molecule has 0 aromatic heterocycles. The predicted octanol–water partition coefficient (Wildman–Crippen LogP) is 1.96. The fourth-order valence-corrected chi connectivity index (χ4v) is 1.72. The van der Waals surface area contributed by atoms with E-state index >= 15 is 0 Å². The van der Waals surface area contributed by atoms with Crippen LogP contribution in [0.2, 0.25) is 0 Å². The number of halogens is 1. The Balaban J connectivity index is 2.58. The maximum atomic E-state index is 13.9. The van der Waals surface area contributed by atoms with E-state index in [4.69, 9.17) is 9.84 Å². The number of amides is 1. The number of ether oxygens (including phenoxy) is 1. The summed E-state index contributed by atoms with van der Waals surface area (Å²) in [6, 6.07) is 0. The second-order valence-corrected chi connectivity index (χ2v) is 5.96. The minimum absolute atomic E-state index is 0.00796. The molecule has 17 heavy (non-hydrogen) atoms. The number of carbonyl (C=O) groups excluding carboxylic acids is 1. The molecule has 100 valence electrons. The number of carbonyl (C=O) groups is 1. The number of rotatable bonds is 1. The van der Waals surface area contributed by atoms with Gasteiger partial charge in [0.15, 0.2) is 0 Å². The zero-order chi connectivity index (χ0) is 13.3. The van der Waals surface area contributed by atoms with Crippen LogP contribution < -0.4 is 0 Å². The Bertz CT molecular complexity index is 290. The normalized spacial score (nSPS) is 30.2. The Kier molecular flexibility index (Phi) is 4.02. The van der Waals surface area contributed by atoms with Crippen molar-refractivity contribution in [1.82, 2.24) is 4.90 Å². The Morgan fingerprint density at radius 3 is 2.59 bits per heavy atom. The summed E-state index contributed by atoms with van der Waals surface area (Å²) in [5.41, 5.74) is -1.31. The van der Waals surface area contributed by atoms with Gasteiger partial charge in [-0.3, -0.25) is 0 Å². The lowest BCUT2D eigenvalue weighted by molar-refractivity contribution is -0.0333. The van der Waals surface area contributed by atoms with E-state index in [1.807, 2.05) is 0 Å². The maximum Gasteiger partial charge on any atom is 0.410 e. The van der Waals surface area contributed by atoms with E-state index in [9.17, 15) is 9.18 Å². The van der Waals surface area contributed by atoms with Gasteiger partial charge in [-0.25, -0.2) is 9.18 Å². The Labute approximate surface area is 102 Å². The van der Waals surface area contributed by atoms with Crippen LogP contribution in [0.1, 0.15) is 34.1 Å². The van der Waals surface area contributed by atoms with E-state index in [2.05, 4.69) is 0 Å². The largest absolute Gasteiger partial charge is 0.444 e. The molecular weight excluding hydrogens is 225 g/mol. The molecule has 0 bridgehead atoms. The molecule has 0 spiro atoms. The fraction of sp³-hybridized carbons (Fsp3) is 0.917. The summed E-state index contributed by atoms with van der Waals surface area (Å²) in [5.74, 6) is 0. The van der Waals surface area contributed by atoms with Gasteiger partial charge in [-0.2, -0.15) is 0 Å². The molecule has 0 aromatic rings. The molecule has 1 heterocycles. The summed E-state index contributed by atoms with van der Waals surface area (Å²) in [4.78, 5) is 13.1. The molecule has 0 radical (unpaired) electrons. The number of likely N-dealkylation sites (tertiary alicyclic amines) is 1. The van der Waals surface area contributed by atoms with Crippen LogP contribution in [0.5, 0.6) is 0 Å². The summed E-state index contributed by atoms with van der Waals surface area (Å²) in [6.45, 7) is 7.25. The van der Waals surface area contributed by atoms with E-state index < -0.39 is 23.3 Å². The van der Waals surface area contributed by atoms with Crippen molar-refractivity contribution in [2.45, 2.75) is 45.9 Å². The van der Waals surface area contributed by atoms with Crippen LogP contribution in [0.3, 0.4) is 0 Å². The first kappa shape index (κ1) is 14.2. The smallest absolute Gasteiger partial charge is 0.410 e. The highest BCUT2D eigenvalue weighted by Gasteiger charge is 2.41. The summed E-state index contributed by atoms with van der Waals surface area (Å²) in [7, 11) is 0. The summed E-state index contributed by atoms with van der Waals surface area (Å²) in [5, 5.41) is 9.16. The molecule has 2 unspecified atom stereocenters. The van der Waals surface area contributed by atoms with E-state index in [0.717, 1.165) is 0 Å². The zero-order valence-electron chi connectivity index (χ0n) is 11.0. The lowest BCUT2D eigenvalue weighted by atomic mass is 9.80. The molecule has 1 aliphatic heterocycles. The molecule has 4 nitrogen and oxygen atoms in total. The number of hydrogen-bond acceptors (Lipinski definition) is 3. The minimum atomic E-state index is -1.21. The average Bonchev–Trinajstić information content (AvgIpc) is 2.19. The standard InChI is InChI=1S/C12H22FNO3/c1-11(2,3)17-10(16)14-6-5-12(4,8-15)9(13)7-14/h9,15H,5-8H2,1-4H3. The van der Waals surface area contributed by atoms with Gasteiger partial charge in [0, 0.05) is 12.0 Å². The molecule has 1 amide bonds. The first-order valence-corrected chi connectivity index (χ1v) is 5.91. The van der Waals surface area contributed by atoms with Gasteiger partial charge in [0.2, 0.25) is 0 Å². The van der Waals surface area contributed by atoms with Crippen LogP contribution in [0.4, 0.5) is 9.18 Å². The first-order chi connectivity index (χ1) is 7.68. The van der Waals surface area contributed by atoms with Crippen molar-refractivity contribution in [3.63, 3.8) is 0 Å². The molecule has 1 saturated heterocycles. The second-order valence-electron chi connectivity index (χ2n) is 5.96. The molecule has 5 heteroatoms. The van der Waals surface area contributed by atoms with Crippen molar-refractivity contribution in [3.8, 4) is 0 Å². The van der Waals surface area contributed by atoms with Crippen LogP contribution in [0.15, 0.2) is 0 Å².